The molecule has 1 saturated heterocycles. The number of benzene rings is 3. The summed E-state index contributed by atoms with van der Waals surface area (Å²) in [5, 5.41) is 4.35. The fourth-order valence-corrected chi connectivity index (χ4v) is 5.27. The number of hydrogen-bond acceptors (Lipinski definition) is 5. The summed E-state index contributed by atoms with van der Waals surface area (Å²) in [6.07, 6.45) is 1.55. The molecule has 0 atom stereocenters. The van der Waals surface area contributed by atoms with E-state index in [0.29, 0.717) is 5.69 Å². The largest absolute Gasteiger partial charge is 0.298 e. The van der Waals surface area contributed by atoms with Gasteiger partial charge in [-0.25, -0.2) is 13.8 Å². The quantitative estimate of drug-likeness (QED) is 0.503. The molecule has 1 amide bonds. The second-order valence-electron chi connectivity index (χ2n) is 8.68. The number of hydrazone groups is 1. The lowest BCUT2D eigenvalue weighted by Crippen LogP contribution is -2.34. The highest BCUT2D eigenvalue weighted by molar-refractivity contribution is 7.92. The molecule has 4 rings (SSSR count). The minimum atomic E-state index is -3.82. The Morgan fingerprint density at radius 1 is 0.943 bits per heavy atom. The summed E-state index contributed by atoms with van der Waals surface area (Å²) in [4.78, 5) is 15.5. The van der Waals surface area contributed by atoms with Crippen LogP contribution < -0.4 is 9.73 Å². The summed E-state index contributed by atoms with van der Waals surface area (Å²) < 4.78 is 27.4. The van der Waals surface area contributed by atoms with Crippen LogP contribution in [0, 0.1) is 6.92 Å². The number of piperidine rings is 1. The van der Waals surface area contributed by atoms with Gasteiger partial charge in [0.25, 0.3) is 15.9 Å². The first-order valence-corrected chi connectivity index (χ1v) is 13.1. The van der Waals surface area contributed by atoms with Crippen LogP contribution in [0.2, 0.25) is 0 Å². The van der Waals surface area contributed by atoms with E-state index in [9.17, 15) is 13.2 Å². The summed E-state index contributed by atoms with van der Waals surface area (Å²) in [7, 11) is -2.37. The van der Waals surface area contributed by atoms with Gasteiger partial charge in [-0.1, -0.05) is 60.2 Å². The number of amides is 1. The van der Waals surface area contributed by atoms with Crippen LogP contribution in [-0.2, 0) is 16.6 Å². The third kappa shape index (κ3) is 5.96. The molecule has 1 fully saturated rings. The first-order chi connectivity index (χ1) is 16.8. The molecular formula is C27H30N4O3S. The molecule has 3 aromatic carbocycles. The van der Waals surface area contributed by atoms with Crippen LogP contribution in [0.4, 0.5) is 5.69 Å². The zero-order valence-electron chi connectivity index (χ0n) is 20.0. The minimum Gasteiger partial charge on any atom is -0.298 e. The molecule has 182 valence electrons. The zero-order valence-corrected chi connectivity index (χ0v) is 20.8. The molecule has 0 saturated carbocycles. The second kappa shape index (κ2) is 10.8. The van der Waals surface area contributed by atoms with Crippen molar-refractivity contribution in [1.82, 2.24) is 10.3 Å². The topological polar surface area (TPSA) is 82.1 Å². The predicted octanol–water partition coefficient (Wildman–Crippen LogP) is 4.20. The van der Waals surface area contributed by atoms with Gasteiger partial charge < -0.3 is 0 Å². The fourth-order valence-electron chi connectivity index (χ4n) is 4.05. The molecular weight excluding hydrogens is 460 g/mol. The molecule has 1 aliphatic heterocycles. The van der Waals surface area contributed by atoms with Gasteiger partial charge in [-0.15, -0.1) is 0 Å². The van der Waals surface area contributed by atoms with Crippen molar-refractivity contribution in [1.29, 1.82) is 0 Å². The van der Waals surface area contributed by atoms with Gasteiger partial charge >= 0.3 is 0 Å². The number of likely N-dealkylation sites (tertiary alicyclic amines) is 1. The maximum absolute atomic E-state index is 13.1. The molecule has 1 heterocycles. The summed E-state index contributed by atoms with van der Waals surface area (Å²) in [6.45, 7) is 4.54. The Hall–Kier alpha value is -3.49. The van der Waals surface area contributed by atoms with E-state index in [1.165, 1.54) is 12.6 Å². The minimum absolute atomic E-state index is 0.170. The van der Waals surface area contributed by atoms with Crippen molar-refractivity contribution < 1.29 is 13.2 Å². The molecule has 7 nitrogen and oxygen atoms in total. The monoisotopic (exact) mass is 490 g/mol. The third-order valence-electron chi connectivity index (χ3n) is 6.17. The van der Waals surface area contributed by atoms with Crippen molar-refractivity contribution >= 4 is 27.3 Å². The van der Waals surface area contributed by atoms with E-state index >= 15 is 0 Å². The molecule has 35 heavy (non-hydrogen) atoms. The third-order valence-corrected chi connectivity index (χ3v) is 7.95. The van der Waals surface area contributed by atoms with Gasteiger partial charge in [-0.05, 0) is 36.8 Å². The van der Waals surface area contributed by atoms with E-state index in [0.717, 1.165) is 48.1 Å². The van der Waals surface area contributed by atoms with Gasteiger partial charge in [0.1, 0.15) is 0 Å². The average Bonchev–Trinajstić information content (AvgIpc) is 2.88. The van der Waals surface area contributed by atoms with Crippen molar-refractivity contribution in [3.63, 3.8) is 0 Å². The van der Waals surface area contributed by atoms with Crippen LogP contribution in [0.5, 0.6) is 0 Å². The smallest absolute Gasteiger partial charge is 0.273 e. The van der Waals surface area contributed by atoms with Crippen LogP contribution in [0.25, 0.3) is 0 Å². The number of nitrogens with zero attached hydrogens (tertiary/aromatic N) is 3. The van der Waals surface area contributed by atoms with Gasteiger partial charge in [0, 0.05) is 45.2 Å². The number of sulfonamides is 1. The van der Waals surface area contributed by atoms with Crippen molar-refractivity contribution in [3.05, 3.63) is 95.6 Å². The van der Waals surface area contributed by atoms with Gasteiger partial charge in [-0.3, -0.25) is 14.0 Å². The Morgan fingerprint density at radius 3 is 2.26 bits per heavy atom. The Labute approximate surface area is 207 Å². The van der Waals surface area contributed by atoms with Gasteiger partial charge in [-0.2, -0.15) is 5.10 Å². The summed E-state index contributed by atoms with van der Waals surface area (Å²) in [5.74, 6) is -0.439. The van der Waals surface area contributed by atoms with Crippen LogP contribution >= 0.6 is 0 Å². The standard InChI is InChI=1S/C27H30N4O3S/c1-21-12-14-24(15-13-21)35(33,34)30(2)26-11-7-6-10-25(26)27(32)29-28-23-16-18-31(19-17-23)20-22-8-4-3-5-9-22/h3-15H,16-20H2,1-2H3,(H,29,32). The molecule has 0 spiro atoms. The van der Waals surface area contributed by atoms with Gasteiger partial charge in [0.2, 0.25) is 0 Å². The van der Waals surface area contributed by atoms with Crippen LogP contribution in [-0.4, -0.2) is 45.1 Å². The van der Waals surface area contributed by atoms with Crippen molar-refractivity contribution in [2.75, 3.05) is 24.4 Å². The fraction of sp³-hybridized carbons (Fsp3) is 0.259. The molecule has 0 radical (unpaired) electrons. The lowest BCUT2D eigenvalue weighted by molar-refractivity contribution is 0.0955. The first kappa shape index (κ1) is 24.6. The highest BCUT2D eigenvalue weighted by Crippen LogP contribution is 2.26. The molecule has 8 heteroatoms. The number of nitrogens with one attached hydrogen (secondary N) is 1. The molecule has 1 aliphatic rings. The number of para-hydroxylation sites is 1. The number of rotatable bonds is 7. The maximum Gasteiger partial charge on any atom is 0.273 e. The molecule has 1 N–H and O–H groups in total. The molecule has 0 aromatic heterocycles. The molecule has 0 bridgehead atoms. The summed E-state index contributed by atoms with van der Waals surface area (Å²) in [6, 6.07) is 23.6. The van der Waals surface area contributed by atoms with Crippen LogP contribution in [0.15, 0.2) is 88.9 Å². The highest BCUT2D eigenvalue weighted by Gasteiger charge is 2.25. The van der Waals surface area contributed by atoms with E-state index < -0.39 is 15.9 Å². The zero-order chi connectivity index (χ0) is 24.8. The lowest BCUT2D eigenvalue weighted by atomic mass is 10.1. The van der Waals surface area contributed by atoms with E-state index in [4.69, 9.17) is 0 Å². The van der Waals surface area contributed by atoms with E-state index in [1.54, 1.807) is 48.5 Å². The van der Waals surface area contributed by atoms with E-state index in [-0.39, 0.29) is 10.5 Å². The Kier molecular flexibility index (Phi) is 7.63. The van der Waals surface area contributed by atoms with Crippen molar-refractivity contribution in [3.8, 4) is 0 Å². The van der Waals surface area contributed by atoms with E-state index in [1.807, 2.05) is 25.1 Å². The molecule has 0 unspecified atom stereocenters. The van der Waals surface area contributed by atoms with Gasteiger partial charge in [0.05, 0.1) is 16.1 Å². The number of carbonyl (C=O) groups is 1. The number of aryl methyl sites for hydroxylation is 1. The summed E-state index contributed by atoms with van der Waals surface area (Å²) >= 11 is 0. The van der Waals surface area contributed by atoms with Crippen LogP contribution in [0.3, 0.4) is 0 Å². The van der Waals surface area contributed by atoms with Gasteiger partial charge in [0.15, 0.2) is 0 Å². The van der Waals surface area contributed by atoms with Crippen molar-refractivity contribution in [2.24, 2.45) is 5.10 Å². The Balaban J connectivity index is 1.42. The number of anilines is 1. The Morgan fingerprint density at radius 2 is 1.57 bits per heavy atom. The van der Waals surface area contributed by atoms with Crippen molar-refractivity contribution in [2.45, 2.75) is 31.2 Å². The lowest BCUT2D eigenvalue weighted by Gasteiger charge is -2.27. The average molecular weight is 491 g/mol. The highest BCUT2D eigenvalue weighted by atomic mass is 32.2. The number of hydrogen-bond donors (Lipinski definition) is 1. The normalized spacial score (nSPS) is 14.4. The summed E-state index contributed by atoms with van der Waals surface area (Å²) in [5.41, 5.74) is 6.36. The number of carbonyl (C=O) groups excluding carboxylic acids is 1. The first-order valence-electron chi connectivity index (χ1n) is 11.6. The predicted molar refractivity (Wildman–Crippen MR) is 139 cm³/mol. The maximum atomic E-state index is 13.1. The van der Waals surface area contributed by atoms with Crippen LogP contribution in [0.1, 0.15) is 34.3 Å². The Bertz CT molecular complexity index is 1300. The molecule has 3 aromatic rings. The van der Waals surface area contributed by atoms with E-state index in [2.05, 4.69) is 27.6 Å². The second-order valence-corrected chi connectivity index (χ2v) is 10.7. The SMILES string of the molecule is Cc1ccc(S(=O)(=O)N(C)c2ccccc2C(=O)NN=C2CCN(Cc3ccccc3)CC2)cc1. The molecule has 0 aliphatic carbocycles.